The summed E-state index contributed by atoms with van der Waals surface area (Å²) in [6.07, 6.45) is 2.42. The second-order valence-electron chi connectivity index (χ2n) is 8.88. The van der Waals surface area contributed by atoms with Gasteiger partial charge in [0.05, 0.1) is 22.2 Å². The minimum Gasteiger partial charge on any atom is -0.351 e. The predicted octanol–water partition coefficient (Wildman–Crippen LogP) is 3.72. The van der Waals surface area contributed by atoms with Crippen molar-refractivity contribution in [3.8, 4) is 0 Å². The monoisotopic (exact) mass is 370 g/mol. The summed E-state index contributed by atoms with van der Waals surface area (Å²) < 4.78 is 1.90. The van der Waals surface area contributed by atoms with Gasteiger partial charge in [0.25, 0.3) is 5.91 Å². The second-order valence-corrected chi connectivity index (χ2v) is 8.88. The lowest BCUT2D eigenvalue weighted by Crippen LogP contribution is -2.31. The lowest BCUT2D eigenvalue weighted by molar-refractivity contribution is -0.120. The highest BCUT2D eigenvalue weighted by Gasteiger charge is 2.27. The number of aromatic nitrogens is 3. The minimum absolute atomic E-state index is 0.0470. The first-order valence-electron chi connectivity index (χ1n) is 9.81. The van der Waals surface area contributed by atoms with Crippen molar-refractivity contribution in [1.82, 2.24) is 20.1 Å². The van der Waals surface area contributed by atoms with Crippen LogP contribution in [0.1, 0.15) is 81.5 Å². The topological polar surface area (TPSA) is 76.9 Å². The Kier molecular flexibility index (Phi) is 5.10. The number of amides is 1. The molecule has 1 aliphatic carbocycles. The summed E-state index contributed by atoms with van der Waals surface area (Å²) in [5.74, 6) is 0.255. The number of rotatable bonds is 4. The smallest absolute Gasteiger partial charge is 0.252 e. The maximum Gasteiger partial charge on any atom is 0.252 e. The molecule has 1 fully saturated rings. The molecule has 2 heterocycles. The van der Waals surface area contributed by atoms with Crippen molar-refractivity contribution >= 4 is 22.7 Å². The van der Waals surface area contributed by atoms with Crippen molar-refractivity contribution in [3.63, 3.8) is 0 Å². The molecule has 0 bridgehead atoms. The number of Topliss-reactive ketones (excluding diaryl/α,β-unsaturated/α-hetero) is 1. The van der Waals surface area contributed by atoms with Crippen molar-refractivity contribution in [3.05, 3.63) is 23.0 Å². The molecular weight excluding hydrogens is 340 g/mol. The summed E-state index contributed by atoms with van der Waals surface area (Å²) >= 11 is 0. The van der Waals surface area contributed by atoms with Crippen LogP contribution >= 0.6 is 0 Å². The summed E-state index contributed by atoms with van der Waals surface area (Å²) in [7, 11) is 0. The molecule has 1 N–H and O–H groups in total. The number of nitrogens with one attached hydrogen (secondary N) is 1. The maximum atomic E-state index is 13.0. The second kappa shape index (κ2) is 7.06. The Morgan fingerprint density at radius 2 is 2.07 bits per heavy atom. The lowest BCUT2D eigenvalue weighted by Gasteiger charge is -2.20. The van der Waals surface area contributed by atoms with E-state index in [2.05, 4.69) is 45.0 Å². The Hall–Kier alpha value is -2.24. The quantitative estimate of drug-likeness (QED) is 0.890. The summed E-state index contributed by atoms with van der Waals surface area (Å²) in [4.78, 5) is 29.7. The van der Waals surface area contributed by atoms with E-state index in [4.69, 9.17) is 4.98 Å². The Labute approximate surface area is 160 Å². The molecule has 0 aromatic carbocycles. The van der Waals surface area contributed by atoms with Gasteiger partial charge in [-0.2, -0.15) is 5.10 Å². The fraction of sp³-hybridized carbons (Fsp3) is 0.619. The molecule has 3 rings (SSSR count). The first-order valence-corrected chi connectivity index (χ1v) is 9.81. The summed E-state index contributed by atoms with van der Waals surface area (Å²) in [5, 5.41) is 8.45. The van der Waals surface area contributed by atoms with Gasteiger partial charge in [0, 0.05) is 24.6 Å². The maximum absolute atomic E-state index is 13.0. The van der Waals surface area contributed by atoms with Crippen LogP contribution in [0.5, 0.6) is 0 Å². The molecule has 6 nitrogen and oxygen atoms in total. The van der Waals surface area contributed by atoms with Crippen LogP contribution in [0, 0.1) is 12.8 Å². The lowest BCUT2D eigenvalue weighted by atomic mass is 10.0. The van der Waals surface area contributed by atoms with Gasteiger partial charge < -0.3 is 5.32 Å². The number of hydrogen-bond acceptors (Lipinski definition) is 4. The molecule has 1 atom stereocenters. The van der Waals surface area contributed by atoms with Crippen LogP contribution in [0.4, 0.5) is 0 Å². The third-order valence-electron chi connectivity index (χ3n) is 5.24. The van der Waals surface area contributed by atoms with Gasteiger partial charge in [0.2, 0.25) is 0 Å². The van der Waals surface area contributed by atoms with Crippen LogP contribution in [0.3, 0.4) is 0 Å². The van der Waals surface area contributed by atoms with Crippen molar-refractivity contribution in [2.24, 2.45) is 5.92 Å². The summed E-state index contributed by atoms with van der Waals surface area (Å²) in [6, 6.07) is 1.88. The molecule has 0 aliphatic heterocycles. The molecule has 27 heavy (non-hydrogen) atoms. The van der Waals surface area contributed by atoms with E-state index in [-0.39, 0.29) is 29.1 Å². The molecule has 1 unspecified atom stereocenters. The highest BCUT2D eigenvalue weighted by Crippen LogP contribution is 2.29. The molecular formula is C21H30N4O2. The molecule has 0 spiro atoms. The van der Waals surface area contributed by atoms with E-state index in [1.165, 1.54) is 0 Å². The van der Waals surface area contributed by atoms with Crippen LogP contribution in [0.15, 0.2) is 6.07 Å². The number of hydrogen-bond donors (Lipinski definition) is 1. The summed E-state index contributed by atoms with van der Waals surface area (Å²) in [5.41, 5.74) is 2.77. The third-order valence-corrected chi connectivity index (χ3v) is 5.24. The van der Waals surface area contributed by atoms with Crippen molar-refractivity contribution < 1.29 is 9.59 Å². The van der Waals surface area contributed by atoms with E-state index in [9.17, 15) is 9.59 Å². The van der Waals surface area contributed by atoms with Crippen molar-refractivity contribution in [2.75, 3.05) is 6.54 Å². The Morgan fingerprint density at radius 1 is 1.37 bits per heavy atom. The molecule has 0 radical (unpaired) electrons. The molecule has 1 aliphatic rings. The third kappa shape index (κ3) is 3.75. The van der Waals surface area contributed by atoms with Gasteiger partial charge in [-0.25, -0.2) is 9.67 Å². The Bertz CT molecular complexity index is 890. The van der Waals surface area contributed by atoms with Gasteiger partial charge in [-0.05, 0) is 52.5 Å². The number of aryl methyl sites for hydroxylation is 1. The van der Waals surface area contributed by atoms with Crippen LogP contribution in [0.2, 0.25) is 0 Å². The fourth-order valence-corrected chi connectivity index (χ4v) is 3.67. The molecule has 146 valence electrons. The van der Waals surface area contributed by atoms with Gasteiger partial charge in [0.15, 0.2) is 5.65 Å². The van der Waals surface area contributed by atoms with Crippen molar-refractivity contribution in [1.29, 1.82) is 0 Å². The minimum atomic E-state index is -0.237. The Balaban J connectivity index is 2.04. The highest BCUT2D eigenvalue weighted by atomic mass is 16.2. The Morgan fingerprint density at radius 3 is 2.63 bits per heavy atom. The van der Waals surface area contributed by atoms with E-state index in [1.807, 2.05) is 17.7 Å². The highest BCUT2D eigenvalue weighted by molar-refractivity contribution is 6.06. The predicted molar refractivity (Wildman–Crippen MR) is 106 cm³/mol. The largest absolute Gasteiger partial charge is 0.351 e. The number of fused-ring (bicyclic) bond motifs is 1. The van der Waals surface area contributed by atoms with Gasteiger partial charge in [-0.3, -0.25) is 9.59 Å². The normalized spacial score (nSPS) is 17.9. The summed E-state index contributed by atoms with van der Waals surface area (Å²) in [6.45, 7) is 12.7. The zero-order valence-electron chi connectivity index (χ0n) is 17.2. The number of carbonyl (C=O) groups is 2. The zero-order valence-corrected chi connectivity index (χ0v) is 17.2. The van der Waals surface area contributed by atoms with Gasteiger partial charge in [0.1, 0.15) is 5.78 Å². The molecule has 2 aromatic heterocycles. The van der Waals surface area contributed by atoms with E-state index >= 15 is 0 Å². The average molecular weight is 370 g/mol. The van der Waals surface area contributed by atoms with Crippen LogP contribution in [-0.4, -0.2) is 33.0 Å². The SMILES string of the molecule is Cc1nn(C(C)(C)C)c2nc(C(C)C)cc(C(=O)NCC3CCCC3=O)c12. The van der Waals surface area contributed by atoms with Gasteiger partial charge >= 0.3 is 0 Å². The van der Waals surface area contributed by atoms with Gasteiger partial charge in [-0.15, -0.1) is 0 Å². The van der Waals surface area contributed by atoms with E-state index in [0.717, 1.165) is 35.3 Å². The number of carbonyl (C=O) groups excluding carboxylic acids is 2. The first-order chi connectivity index (χ1) is 12.6. The van der Waals surface area contributed by atoms with Crippen LogP contribution in [0.25, 0.3) is 11.0 Å². The number of ketones is 1. The van der Waals surface area contributed by atoms with E-state index in [1.54, 1.807) is 0 Å². The fourth-order valence-electron chi connectivity index (χ4n) is 3.67. The van der Waals surface area contributed by atoms with Crippen LogP contribution in [-0.2, 0) is 10.3 Å². The molecule has 1 amide bonds. The standard InChI is InChI=1S/C21H30N4O2/c1-12(2)16-10-15(20(27)22-11-14-8-7-9-17(14)26)18-13(3)24-25(19(18)23-16)21(4,5)6/h10,12,14H,7-9,11H2,1-6H3,(H,22,27). The van der Waals surface area contributed by atoms with E-state index < -0.39 is 0 Å². The number of pyridine rings is 1. The molecule has 6 heteroatoms. The molecule has 2 aromatic rings. The average Bonchev–Trinajstić information content (AvgIpc) is 3.15. The molecule has 0 saturated heterocycles. The number of nitrogens with zero attached hydrogens (tertiary/aromatic N) is 3. The van der Waals surface area contributed by atoms with Gasteiger partial charge in [-0.1, -0.05) is 13.8 Å². The van der Waals surface area contributed by atoms with Crippen molar-refractivity contribution in [2.45, 2.75) is 72.3 Å². The van der Waals surface area contributed by atoms with E-state index in [0.29, 0.717) is 18.5 Å². The first kappa shape index (κ1) is 19.5. The van der Waals surface area contributed by atoms with Crippen LogP contribution < -0.4 is 5.32 Å². The molecule has 1 saturated carbocycles. The zero-order chi connectivity index (χ0) is 19.9.